The third-order valence-corrected chi connectivity index (χ3v) is 24.3. The van der Waals surface area contributed by atoms with Crippen LogP contribution < -0.4 is 31.9 Å². The topological polar surface area (TPSA) is 492 Å². The van der Waals surface area contributed by atoms with Crippen LogP contribution in [0.3, 0.4) is 0 Å². The molecule has 0 saturated carbocycles. The number of ketones is 6. The number of Topliss-reactive ketones (excluding diaryl/α,β-unsaturated/α-hetero) is 6. The number of aryl methyl sites for hydroxylation is 2. The second-order valence-electron chi connectivity index (χ2n) is 35.3. The highest BCUT2D eigenvalue weighted by Crippen LogP contribution is 2.37. The summed E-state index contributed by atoms with van der Waals surface area (Å²) < 4.78 is 0. The number of aliphatic imine (C=N–C) groups is 6. The van der Waals surface area contributed by atoms with Crippen LogP contribution in [0.5, 0.6) is 69.0 Å². The van der Waals surface area contributed by atoms with Gasteiger partial charge in [0.15, 0.2) is 34.7 Å². The molecular weight excluding hydrogens is 1890 g/mol. The van der Waals surface area contributed by atoms with Crippen LogP contribution in [-0.4, -0.2) is 207 Å². The van der Waals surface area contributed by atoms with Gasteiger partial charge in [0.05, 0.1) is 70.5 Å². The fourth-order valence-corrected chi connectivity index (χ4v) is 14.8. The van der Waals surface area contributed by atoms with Crippen molar-refractivity contribution in [1.82, 2.24) is 0 Å². The van der Waals surface area contributed by atoms with Crippen LogP contribution in [0.2, 0.25) is 0 Å². The van der Waals surface area contributed by atoms with Gasteiger partial charge in [0.2, 0.25) is 0 Å². The van der Waals surface area contributed by atoms with Gasteiger partial charge in [-0.05, 0) is 266 Å². The Balaban J connectivity index is 0.000000242. The molecule has 18 N–H and O–H groups in total. The summed E-state index contributed by atoms with van der Waals surface area (Å²) in [6.45, 7) is 31.5. The number of benzene rings is 12. The van der Waals surface area contributed by atoms with Crippen LogP contribution >= 0.6 is 0 Å². The molecule has 786 valence electrons. The van der Waals surface area contributed by atoms with E-state index in [0.29, 0.717) is 140 Å². The van der Waals surface area contributed by atoms with Gasteiger partial charge in [-0.2, -0.15) is 0 Å². The van der Waals surface area contributed by atoms with Crippen molar-refractivity contribution in [2.75, 3.05) is 90.8 Å². The van der Waals surface area contributed by atoms with Crippen molar-refractivity contribution in [1.29, 1.82) is 0 Å². The molecule has 12 rings (SSSR count). The van der Waals surface area contributed by atoms with Crippen LogP contribution in [0.15, 0.2) is 273 Å². The Kier molecular flexibility index (Phi) is 48.5. The van der Waals surface area contributed by atoms with Crippen molar-refractivity contribution in [3.63, 3.8) is 0 Å². The van der Waals surface area contributed by atoms with Crippen LogP contribution in [0.4, 0.5) is 34.1 Å². The van der Waals surface area contributed by atoms with Gasteiger partial charge in [-0.15, -0.1) is 0 Å². The molecule has 12 aromatic carbocycles. The lowest BCUT2D eigenvalue weighted by atomic mass is 10.0. The molecule has 0 bridgehead atoms. The zero-order valence-electron chi connectivity index (χ0n) is 87.9. The number of para-hydroxylation sites is 4. The average molecular weight is 2030 g/mol. The van der Waals surface area contributed by atoms with E-state index in [1.54, 1.807) is 98.7 Å². The molecule has 149 heavy (non-hydrogen) atoms. The summed E-state index contributed by atoms with van der Waals surface area (Å²) in [5.74, 6) is 0.0203. The number of rotatable bonds is 42. The molecule has 0 aliphatic heterocycles. The molecule has 0 amide bonds. The lowest BCUT2D eigenvalue weighted by Crippen LogP contribution is -2.31. The number of aromatic hydroxyl groups is 12. The first kappa shape index (κ1) is 119. The standard InChI is InChI=1S/C21H26N2O3.4C20H24N2O3.C18H20N2O3/c1-4-17(16-11-12-19(24)14(3)21(16)26)22-13-20(25)18(5-2)23-15-9-7-6-8-10-15;1-4-18(17-9-10-19(24)14(3)20(17)25)22-12-16(23)11-21-15-7-5-13(2)6-8-15;1-4-18(17-8-9-19(24)14(3)20(17)25)22-12-16(23)11-21-15-7-5-6-13(2)10-15;1-4-17(16-10-11-18(23)13(2)20(16)25)21-12-19(24)14(3)22-15-8-6-5-7-9-15;1-4-17(22-15-8-6-5-7-9-15)19(24)12-21-14(3)16-10-11-18(23)13(2)20(16)25;1-12-17(22)9-8-16(18(12)23)13(2)19-10-15(21)11-20-14-6-4-3-5-7-14/h6-12,18,23-24,26H,4-5,13H2,1-3H3;2*5-10,21,24-25H,4,11-12H2,1-3H3;5-11,14,22-23,25H,4,12H2,1-3H3;5-11,17,22-23,25H,4,12H2,1-3H3;3-9,20,22-23H,10-11H2,1-2H3. The number of carbonyl (C=O) groups is 6. The minimum atomic E-state index is -0.362. The molecule has 0 saturated heterocycles. The van der Waals surface area contributed by atoms with Gasteiger partial charge in [-0.3, -0.25) is 58.7 Å². The van der Waals surface area contributed by atoms with Crippen molar-refractivity contribution >= 4 is 103 Å². The van der Waals surface area contributed by atoms with Gasteiger partial charge in [0, 0.05) is 135 Å². The van der Waals surface area contributed by atoms with E-state index in [-0.39, 0.29) is 181 Å². The van der Waals surface area contributed by atoms with Gasteiger partial charge in [0.25, 0.3) is 0 Å². The Bertz CT molecular complexity index is 6690. The summed E-state index contributed by atoms with van der Waals surface area (Å²) in [5.41, 5.74) is 17.0. The summed E-state index contributed by atoms with van der Waals surface area (Å²) in [4.78, 5) is 99.5. The third-order valence-electron chi connectivity index (χ3n) is 24.3. The number of phenolic OH excluding ortho intramolecular Hbond substituents is 12. The molecule has 3 unspecified atom stereocenters. The van der Waals surface area contributed by atoms with E-state index in [0.717, 1.165) is 45.3 Å². The van der Waals surface area contributed by atoms with E-state index in [4.69, 9.17) is 0 Å². The lowest BCUT2D eigenvalue weighted by Gasteiger charge is -2.16. The van der Waals surface area contributed by atoms with Gasteiger partial charge < -0.3 is 93.2 Å². The molecule has 0 heterocycles. The van der Waals surface area contributed by atoms with Crippen LogP contribution in [0.25, 0.3) is 0 Å². The largest absolute Gasteiger partial charge is 0.508 e. The van der Waals surface area contributed by atoms with E-state index >= 15 is 0 Å². The maximum Gasteiger partial charge on any atom is 0.176 e. The number of nitrogens with zero attached hydrogens (tertiary/aromatic N) is 6. The smallest absolute Gasteiger partial charge is 0.176 e. The average Bonchev–Trinajstić information content (AvgIpc) is 0.808. The summed E-state index contributed by atoms with van der Waals surface area (Å²) in [6.07, 6.45) is 3.63. The van der Waals surface area contributed by atoms with Gasteiger partial charge >= 0.3 is 0 Å². The first-order chi connectivity index (χ1) is 71.2. The molecule has 30 heteroatoms. The van der Waals surface area contributed by atoms with Gasteiger partial charge in [-0.25, -0.2) is 0 Å². The highest BCUT2D eigenvalue weighted by atomic mass is 16.3. The monoisotopic (exact) mass is 2030 g/mol. The molecular formula is C119H142N12O18. The number of anilines is 6. The summed E-state index contributed by atoms with van der Waals surface area (Å²) in [6, 6.07) is 71.7. The molecule has 3 atom stereocenters. The maximum absolute atomic E-state index is 12.6. The van der Waals surface area contributed by atoms with E-state index in [9.17, 15) is 90.0 Å². The Morgan fingerprint density at radius 2 is 0.503 bits per heavy atom. The Morgan fingerprint density at radius 1 is 0.255 bits per heavy atom. The fourth-order valence-electron chi connectivity index (χ4n) is 14.8. The van der Waals surface area contributed by atoms with Gasteiger partial charge in [0.1, 0.15) is 75.5 Å². The molecule has 0 fully saturated rings. The fraction of sp³-hybridized carbons (Fsp3) is 0.294. The number of hydrogen-bond acceptors (Lipinski definition) is 30. The van der Waals surface area contributed by atoms with E-state index < -0.39 is 0 Å². The second-order valence-corrected chi connectivity index (χ2v) is 35.3. The first-order valence-corrected chi connectivity index (χ1v) is 49.4. The number of hydrogen-bond donors (Lipinski definition) is 18. The van der Waals surface area contributed by atoms with Crippen molar-refractivity contribution < 1.29 is 90.0 Å². The minimum Gasteiger partial charge on any atom is -0.508 e. The van der Waals surface area contributed by atoms with E-state index in [2.05, 4.69) is 61.9 Å². The quantitative estimate of drug-likeness (QED) is 0.0158. The molecule has 0 aliphatic carbocycles. The highest BCUT2D eigenvalue weighted by molar-refractivity contribution is 6.08. The summed E-state index contributed by atoms with van der Waals surface area (Å²) in [7, 11) is 0. The zero-order valence-corrected chi connectivity index (χ0v) is 87.9. The van der Waals surface area contributed by atoms with Crippen molar-refractivity contribution in [2.45, 2.75) is 174 Å². The van der Waals surface area contributed by atoms with Crippen molar-refractivity contribution in [3.8, 4) is 69.0 Å². The molecule has 0 spiro atoms. The maximum atomic E-state index is 12.6. The van der Waals surface area contributed by atoms with Crippen molar-refractivity contribution in [2.24, 2.45) is 30.0 Å². The van der Waals surface area contributed by atoms with Crippen LogP contribution in [0, 0.1) is 55.4 Å². The first-order valence-electron chi connectivity index (χ1n) is 49.4. The van der Waals surface area contributed by atoms with E-state index in [1.165, 1.54) is 36.4 Å². The third kappa shape index (κ3) is 37.3. The van der Waals surface area contributed by atoms with Crippen molar-refractivity contribution in [3.05, 3.63) is 321 Å². The SMILES string of the molecule is CC(=NCC(=O)CNc1ccccc1)c1ccc(O)c(C)c1O.CCC(=NCC(=O)C(C)Nc1ccccc1)c1ccc(O)c(C)c1O.CCC(=NCC(=O)C(CC)Nc1ccccc1)c1ccc(O)c(C)c1O.CCC(=NCC(=O)CNc1ccc(C)cc1)c1ccc(O)c(C)c1O.CCC(=NCC(=O)CNc1cccc(C)c1)c1ccc(O)c(C)c1O.CCC(Nc1ccccc1)C(=O)CN=C(C)c1ccc(O)c(C)c1O. The molecule has 0 radical (unpaired) electrons. The molecule has 12 aromatic rings. The molecule has 30 nitrogen and oxygen atoms in total. The normalized spacial score (nSPS) is 12.0. The zero-order chi connectivity index (χ0) is 110. The van der Waals surface area contributed by atoms with Gasteiger partial charge in [-0.1, -0.05) is 144 Å². The second kappa shape index (κ2) is 60.7. The Morgan fingerprint density at radius 3 is 0.812 bits per heavy atom. The highest BCUT2D eigenvalue weighted by Gasteiger charge is 2.24. The van der Waals surface area contributed by atoms with Crippen LogP contribution in [-0.2, 0) is 28.8 Å². The molecule has 0 aliphatic rings. The predicted molar refractivity (Wildman–Crippen MR) is 600 cm³/mol. The number of nitrogens with one attached hydrogen (secondary N) is 6. The number of phenols is 12. The Labute approximate surface area is 872 Å². The predicted octanol–water partition coefficient (Wildman–Crippen LogP) is 21.5. The summed E-state index contributed by atoms with van der Waals surface area (Å²) in [5, 5.41) is 138. The van der Waals surface area contributed by atoms with Crippen LogP contribution in [0.1, 0.15) is 179 Å². The lowest BCUT2D eigenvalue weighted by molar-refractivity contribution is -0.119. The molecule has 0 aromatic heterocycles. The Hall–Kier alpha value is -16.9. The minimum absolute atomic E-state index is 0.00251. The number of carbonyl (C=O) groups excluding carboxylic acids is 6. The summed E-state index contributed by atoms with van der Waals surface area (Å²) >= 11 is 0. The van der Waals surface area contributed by atoms with E-state index in [1.807, 2.05) is 225 Å².